The van der Waals surface area contributed by atoms with E-state index >= 15 is 0 Å². The second kappa shape index (κ2) is 10.3. The van der Waals surface area contributed by atoms with Gasteiger partial charge in [-0.15, -0.1) is 0 Å². The predicted molar refractivity (Wildman–Crippen MR) is 99.3 cm³/mol. The molecule has 152 valence electrons. The summed E-state index contributed by atoms with van der Waals surface area (Å²) >= 11 is 0. The summed E-state index contributed by atoms with van der Waals surface area (Å²) in [7, 11) is 1.38. The van der Waals surface area contributed by atoms with E-state index in [0.717, 1.165) is 18.7 Å². The molecule has 2 rings (SSSR count). The molecule has 1 aromatic carbocycles. The minimum Gasteiger partial charge on any atom is -0.493 e. The molecule has 6 nitrogen and oxygen atoms in total. The number of piperidine rings is 1. The molecule has 27 heavy (non-hydrogen) atoms. The number of rotatable bonds is 8. The molecule has 0 spiro atoms. The van der Waals surface area contributed by atoms with Gasteiger partial charge in [-0.05, 0) is 49.9 Å². The van der Waals surface area contributed by atoms with Crippen LogP contribution in [0.5, 0.6) is 11.5 Å². The molecule has 1 aliphatic rings. The van der Waals surface area contributed by atoms with Gasteiger partial charge in [0, 0.05) is 25.7 Å². The molecular weight excluding hydrogens is 356 g/mol. The number of hydrogen-bond donors (Lipinski definition) is 2. The van der Waals surface area contributed by atoms with Crippen LogP contribution in [-0.4, -0.2) is 50.3 Å². The third-order valence-corrected chi connectivity index (χ3v) is 4.77. The molecule has 0 radical (unpaired) electrons. The molecule has 2 atom stereocenters. The molecule has 1 saturated heterocycles. The highest BCUT2D eigenvalue weighted by molar-refractivity contribution is 5.73. The second-order valence-corrected chi connectivity index (χ2v) is 7.02. The highest BCUT2D eigenvalue weighted by Crippen LogP contribution is 2.29. The average molecular weight is 385 g/mol. The van der Waals surface area contributed by atoms with Crippen LogP contribution in [0.2, 0.25) is 0 Å². The second-order valence-electron chi connectivity index (χ2n) is 7.02. The molecule has 1 fully saturated rings. The lowest BCUT2D eigenvalue weighted by Gasteiger charge is -2.35. The van der Waals surface area contributed by atoms with Gasteiger partial charge in [0.1, 0.15) is 0 Å². The van der Waals surface area contributed by atoms with Crippen LogP contribution in [0.25, 0.3) is 0 Å². The maximum atomic E-state index is 12.4. The van der Waals surface area contributed by atoms with Crippen molar-refractivity contribution in [3.8, 4) is 11.5 Å². The molecular formula is C19H29F2N3O3. The number of halogens is 2. The van der Waals surface area contributed by atoms with Gasteiger partial charge in [0.2, 0.25) is 0 Å². The number of benzene rings is 1. The number of nitrogens with zero attached hydrogens (tertiary/aromatic N) is 1. The topological polar surface area (TPSA) is 62.8 Å². The van der Waals surface area contributed by atoms with E-state index in [0.29, 0.717) is 12.5 Å². The van der Waals surface area contributed by atoms with Crippen LogP contribution < -0.4 is 20.1 Å². The van der Waals surface area contributed by atoms with Crippen molar-refractivity contribution >= 4 is 6.03 Å². The summed E-state index contributed by atoms with van der Waals surface area (Å²) in [6.45, 7) is 4.42. The van der Waals surface area contributed by atoms with Crippen LogP contribution in [0.15, 0.2) is 18.2 Å². The number of ether oxygens (including phenoxy) is 2. The first-order chi connectivity index (χ1) is 12.9. The Balaban J connectivity index is 1.77. The lowest BCUT2D eigenvalue weighted by atomic mass is 9.99. The third-order valence-electron chi connectivity index (χ3n) is 4.77. The average Bonchev–Trinajstić information content (AvgIpc) is 2.64. The van der Waals surface area contributed by atoms with E-state index in [2.05, 4.69) is 34.1 Å². The summed E-state index contributed by atoms with van der Waals surface area (Å²) in [5.41, 5.74) is 0.724. The molecule has 1 aromatic rings. The monoisotopic (exact) mass is 385 g/mol. The first-order valence-corrected chi connectivity index (χ1v) is 9.26. The lowest BCUT2D eigenvalue weighted by Crippen LogP contribution is -2.48. The molecule has 0 aromatic heterocycles. The van der Waals surface area contributed by atoms with Gasteiger partial charge in [0.25, 0.3) is 0 Å². The zero-order chi connectivity index (χ0) is 19.8. The van der Waals surface area contributed by atoms with E-state index in [1.165, 1.54) is 26.0 Å². The summed E-state index contributed by atoms with van der Waals surface area (Å²) in [6.07, 6.45) is 2.46. The van der Waals surface area contributed by atoms with Crippen molar-refractivity contribution in [2.24, 2.45) is 5.92 Å². The minimum atomic E-state index is -2.92. The third kappa shape index (κ3) is 6.86. The van der Waals surface area contributed by atoms with Crippen LogP contribution >= 0.6 is 0 Å². The zero-order valence-corrected chi connectivity index (χ0v) is 16.1. The van der Waals surface area contributed by atoms with E-state index in [-0.39, 0.29) is 30.1 Å². The van der Waals surface area contributed by atoms with Crippen molar-refractivity contribution in [3.05, 3.63) is 23.8 Å². The number of alkyl halides is 2. The Labute approximate surface area is 159 Å². The van der Waals surface area contributed by atoms with E-state index in [1.54, 1.807) is 12.1 Å². The number of carbonyl (C=O) groups is 1. The molecule has 0 aliphatic carbocycles. The number of likely N-dealkylation sites (tertiary alicyclic amines) is 1. The number of methoxy groups -OCH3 is 1. The molecule has 8 heteroatoms. The maximum Gasteiger partial charge on any atom is 0.387 e. The van der Waals surface area contributed by atoms with Crippen molar-refractivity contribution in [3.63, 3.8) is 0 Å². The summed E-state index contributed by atoms with van der Waals surface area (Å²) < 4.78 is 34.1. The smallest absolute Gasteiger partial charge is 0.387 e. The van der Waals surface area contributed by atoms with Gasteiger partial charge in [0.05, 0.1) is 7.11 Å². The van der Waals surface area contributed by atoms with Crippen LogP contribution in [0, 0.1) is 5.92 Å². The first-order valence-electron chi connectivity index (χ1n) is 9.26. The number of carbonyl (C=O) groups excluding carboxylic acids is 1. The van der Waals surface area contributed by atoms with Crippen molar-refractivity contribution in [2.45, 2.75) is 45.9 Å². The van der Waals surface area contributed by atoms with Crippen LogP contribution in [0.3, 0.4) is 0 Å². The van der Waals surface area contributed by atoms with Crippen molar-refractivity contribution < 1.29 is 23.0 Å². The predicted octanol–water partition coefficient (Wildman–Crippen LogP) is 3.22. The molecule has 1 heterocycles. The number of urea groups is 1. The fraction of sp³-hybridized carbons (Fsp3) is 0.632. The Morgan fingerprint density at radius 2 is 2.11 bits per heavy atom. The Kier molecular flexibility index (Phi) is 8.09. The van der Waals surface area contributed by atoms with Crippen LogP contribution in [0.4, 0.5) is 13.6 Å². The highest BCUT2D eigenvalue weighted by Gasteiger charge is 2.21. The van der Waals surface area contributed by atoms with Gasteiger partial charge in [-0.1, -0.05) is 13.0 Å². The van der Waals surface area contributed by atoms with Crippen molar-refractivity contribution in [1.82, 2.24) is 15.5 Å². The van der Waals surface area contributed by atoms with Gasteiger partial charge in [-0.2, -0.15) is 8.78 Å². The van der Waals surface area contributed by atoms with Crippen LogP contribution in [-0.2, 0) is 6.54 Å². The summed E-state index contributed by atoms with van der Waals surface area (Å²) in [5, 5.41) is 5.65. The van der Waals surface area contributed by atoms with Gasteiger partial charge < -0.3 is 20.1 Å². The minimum absolute atomic E-state index is 0.0368. The summed E-state index contributed by atoms with van der Waals surface area (Å²) in [5.74, 6) is 0.857. The first kappa shape index (κ1) is 21.2. The highest BCUT2D eigenvalue weighted by atomic mass is 19.3. The van der Waals surface area contributed by atoms with Crippen molar-refractivity contribution in [2.75, 3.05) is 26.7 Å². The molecule has 0 bridgehead atoms. The SMILES string of the molecule is COc1cc(CNC(=O)NCC(C)N2CCCC(C)C2)ccc1OC(F)F. The number of amides is 2. The van der Waals surface area contributed by atoms with Gasteiger partial charge in [0.15, 0.2) is 11.5 Å². The lowest BCUT2D eigenvalue weighted by molar-refractivity contribution is -0.0512. The zero-order valence-electron chi connectivity index (χ0n) is 16.1. The van der Waals surface area contributed by atoms with Crippen LogP contribution in [0.1, 0.15) is 32.3 Å². The van der Waals surface area contributed by atoms with E-state index in [9.17, 15) is 13.6 Å². The Hall–Kier alpha value is -2.09. The normalized spacial score (nSPS) is 18.8. The van der Waals surface area contributed by atoms with Crippen molar-refractivity contribution in [1.29, 1.82) is 0 Å². The number of nitrogens with one attached hydrogen (secondary N) is 2. The summed E-state index contributed by atoms with van der Waals surface area (Å²) in [6, 6.07) is 4.59. The molecule has 1 aliphatic heterocycles. The molecule has 2 amide bonds. The molecule has 0 saturated carbocycles. The van der Waals surface area contributed by atoms with Gasteiger partial charge in [-0.3, -0.25) is 4.90 Å². The van der Waals surface area contributed by atoms with E-state index in [1.807, 2.05) is 0 Å². The number of hydrogen-bond acceptors (Lipinski definition) is 4. The quantitative estimate of drug-likeness (QED) is 0.721. The fourth-order valence-electron chi connectivity index (χ4n) is 3.26. The maximum absolute atomic E-state index is 12.4. The largest absolute Gasteiger partial charge is 0.493 e. The van der Waals surface area contributed by atoms with Gasteiger partial charge >= 0.3 is 12.6 Å². The Morgan fingerprint density at radius 3 is 2.78 bits per heavy atom. The Bertz CT molecular complexity index is 616. The van der Waals surface area contributed by atoms with E-state index in [4.69, 9.17) is 4.74 Å². The Morgan fingerprint density at radius 1 is 1.33 bits per heavy atom. The molecule has 2 N–H and O–H groups in total. The fourth-order valence-corrected chi connectivity index (χ4v) is 3.26. The van der Waals surface area contributed by atoms with Gasteiger partial charge in [-0.25, -0.2) is 4.79 Å². The standard InChI is InChI=1S/C19H29F2N3O3/c1-13-5-4-8-24(12-13)14(2)10-22-19(25)23-11-15-6-7-16(27-18(20)21)17(9-15)26-3/h6-7,9,13-14,18H,4-5,8,10-12H2,1-3H3,(H2,22,23,25). The summed E-state index contributed by atoms with van der Waals surface area (Å²) in [4.78, 5) is 14.4. The van der Waals surface area contributed by atoms with E-state index < -0.39 is 6.61 Å². The molecule has 2 unspecified atom stereocenters.